The number of ketones is 1. The van der Waals surface area contributed by atoms with Crippen LogP contribution in [0.5, 0.6) is 11.5 Å². The molecule has 0 aromatic heterocycles. The van der Waals surface area contributed by atoms with Crippen molar-refractivity contribution in [3.8, 4) is 11.5 Å². The second kappa shape index (κ2) is 4.74. The predicted octanol–water partition coefficient (Wildman–Crippen LogP) is 3.09. The van der Waals surface area contributed by atoms with Crippen LogP contribution in [0.3, 0.4) is 0 Å². The second-order valence-electron chi connectivity index (χ2n) is 3.62. The molecule has 0 saturated carbocycles. The van der Waals surface area contributed by atoms with E-state index in [2.05, 4.69) is 0 Å². The number of carbonyl (C=O) groups excluding carboxylic acids is 1. The quantitative estimate of drug-likeness (QED) is 0.815. The first-order chi connectivity index (χ1) is 7.74. The lowest BCUT2D eigenvalue weighted by Gasteiger charge is -2.20. The SMILES string of the molecule is CCCOc1ccc(Cl)c2c1OCCC2=O. The third kappa shape index (κ3) is 2.00. The Morgan fingerprint density at radius 3 is 3.06 bits per heavy atom. The summed E-state index contributed by atoms with van der Waals surface area (Å²) in [7, 11) is 0. The summed E-state index contributed by atoms with van der Waals surface area (Å²) in [6, 6.07) is 3.42. The van der Waals surface area contributed by atoms with Crippen LogP contribution in [0, 0.1) is 0 Å². The average Bonchev–Trinajstić information content (AvgIpc) is 2.28. The predicted molar refractivity (Wildman–Crippen MR) is 61.7 cm³/mol. The standard InChI is InChI=1S/C12H13ClO3/c1-2-6-15-10-4-3-8(13)11-9(14)5-7-16-12(10)11/h3-4H,2,5-7H2,1H3. The van der Waals surface area contributed by atoms with Crippen LogP contribution in [0.2, 0.25) is 5.02 Å². The normalized spacial score (nSPS) is 14.2. The van der Waals surface area contributed by atoms with E-state index < -0.39 is 0 Å². The minimum absolute atomic E-state index is 0.0215. The van der Waals surface area contributed by atoms with Gasteiger partial charge in [0, 0.05) is 6.42 Å². The molecule has 0 saturated heterocycles. The average molecular weight is 241 g/mol. The molecule has 1 aromatic rings. The fourth-order valence-corrected chi connectivity index (χ4v) is 1.89. The van der Waals surface area contributed by atoms with E-state index in [1.54, 1.807) is 12.1 Å². The van der Waals surface area contributed by atoms with Crippen molar-refractivity contribution in [2.75, 3.05) is 13.2 Å². The van der Waals surface area contributed by atoms with Gasteiger partial charge in [-0.05, 0) is 18.6 Å². The molecule has 2 rings (SSSR count). The number of hydrogen-bond acceptors (Lipinski definition) is 3. The molecule has 0 bridgehead atoms. The van der Waals surface area contributed by atoms with Gasteiger partial charge in [0.2, 0.25) is 0 Å². The van der Waals surface area contributed by atoms with Crippen LogP contribution in [0.1, 0.15) is 30.1 Å². The van der Waals surface area contributed by atoms with E-state index in [-0.39, 0.29) is 5.78 Å². The van der Waals surface area contributed by atoms with Crippen molar-refractivity contribution in [2.45, 2.75) is 19.8 Å². The summed E-state index contributed by atoms with van der Waals surface area (Å²) in [4.78, 5) is 11.7. The van der Waals surface area contributed by atoms with Crippen LogP contribution >= 0.6 is 11.6 Å². The number of rotatable bonds is 3. The molecule has 4 heteroatoms. The molecular weight excluding hydrogens is 228 g/mol. The zero-order valence-electron chi connectivity index (χ0n) is 9.09. The van der Waals surface area contributed by atoms with Crippen LogP contribution in [0.15, 0.2) is 12.1 Å². The zero-order valence-corrected chi connectivity index (χ0v) is 9.84. The number of Topliss-reactive ketones (excluding diaryl/α,β-unsaturated/α-hetero) is 1. The van der Waals surface area contributed by atoms with E-state index in [4.69, 9.17) is 21.1 Å². The Hall–Kier alpha value is -1.22. The molecule has 16 heavy (non-hydrogen) atoms. The molecule has 1 aromatic carbocycles. The van der Waals surface area contributed by atoms with E-state index in [0.29, 0.717) is 41.7 Å². The van der Waals surface area contributed by atoms with Gasteiger partial charge in [-0.1, -0.05) is 18.5 Å². The zero-order chi connectivity index (χ0) is 11.5. The maximum Gasteiger partial charge on any atom is 0.173 e. The minimum Gasteiger partial charge on any atom is -0.490 e. The van der Waals surface area contributed by atoms with Crippen LogP contribution < -0.4 is 9.47 Å². The Kier molecular flexibility index (Phi) is 3.34. The first kappa shape index (κ1) is 11.3. The lowest BCUT2D eigenvalue weighted by Crippen LogP contribution is -2.16. The van der Waals surface area contributed by atoms with Crippen LogP contribution in [0.4, 0.5) is 0 Å². The maximum absolute atomic E-state index is 11.7. The largest absolute Gasteiger partial charge is 0.490 e. The molecule has 0 spiro atoms. The molecule has 0 N–H and O–H groups in total. The topological polar surface area (TPSA) is 35.5 Å². The summed E-state index contributed by atoms with van der Waals surface area (Å²) in [5, 5.41) is 0.434. The van der Waals surface area contributed by atoms with Crippen molar-refractivity contribution >= 4 is 17.4 Å². The van der Waals surface area contributed by atoms with E-state index in [9.17, 15) is 4.79 Å². The van der Waals surface area contributed by atoms with E-state index in [1.807, 2.05) is 6.92 Å². The fraction of sp³-hybridized carbons (Fsp3) is 0.417. The van der Waals surface area contributed by atoms with Gasteiger partial charge in [-0.3, -0.25) is 4.79 Å². The number of benzene rings is 1. The van der Waals surface area contributed by atoms with Crippen LogP contribution in [0.25, 0.3) is 0 Å². The highest BCUT2D eigenvalue weighted by Crippen LogP contribution is 2.39. The second-order valence-corrected chi connectivity index (χ2v) is 4.03. The Morgan fingerprint density at radius 1 is 1.50 bits per heavy atom. The highest BCUT2D eigenvalue weighted by atomic mass is 35.5. The summed E-state index contributed by atoms with van der Waals surface area (Å²) in [6.07, 6.45) is 1.29. The summed E-state index contributed by atoms with van der Waals surface area (Å²) < 4.78 is 11.0. The fourth-order valence-electron chi connectivity index (χ4n) is 1.64. The van der Waals surface area contributed by atoms with Crippen molar-refractivity contribution in [1.29, 1.82) is 0 Å². The third-order valence-electron chi connectivity index (χ3n) is 2.39. The Balaban J connectivity index is 2.41. The van der Waals surface area contributed by atoms with Crippen LogP contribution in [-0.4, -0.2) is 19.0 Å². The lowest BCUT2D eigenvalue weighted by atomic mass is 10.0. The van der Waals surface area contributed by atoms with Gasteiger partial charge >= 0.3 is 0 Å². The van der Waals surface area contributed by atoms with Gasteiger partial charge in [0.15, 0.2) is 17.3 Å². The van der Waals surface area contributed by atoms with Gasteiger partial charge in [-0.15, -0.1) is 0 Å². The number of halogens is 1. The number of ether oxygens (including phenoxy) is 2. The van der Waals surface area contributed by atoms with E-state index >= 15 is 0 Å². The van der Waals surface area contributed by atoms with Crippen molar-refractivity contribution in [2.24, 2.45) is 0 Å². The molecule has 0 aliphatic carbocycles. The van der Waals surface area contributed by atoms with E-state index in [1.165, 1.54) is 0 Å². The smallest absolute Gasteiger partial charge is 0.173 e. The summed E-state index contributed by atoms with van der Waals surface area (Å²) >= 11 is 5.99. The molecule has 1 aliphatic rings. The Labute approximate surface area is 99.3 Å². The Morgan fingerprint density at radius 2 is 2.31 bits per heavy atom. The number of carbonyl (C=O) groups is 1. The molecule has 1 heterocycles. The van der Waals surface area contributed by atoms with Crippen molar-refractivity contribution in [3.63, 3.8) is 0 Å². The lowest BCUT2D eigenvalue weighted by molar-refractivity contribution is 0.0929. The maximum atomic E-state index is 11.7. The van der Waals surface area contributed by atoms with Crippen molar-refractivity contribution in [3.05, 3.63) is 22.7 Å². The highest BCUT2D eigenvalue weighted by molar-refractivity contribution is 6.34. The van der Waals surface area contributed by atoms with Gasteiger partial charge in [0.05, 0.1) is 23.8 Å². The molecule has 0 unspecified atom stereocenters. The van der Waals surface area contributed by atoms with Gasteiger partial charge in [0.1, 0.15) is 0 Å². The molecule has 0 fully saturated rings. The first-order valence-corrected chi connectivity index (χ1v) is 5.73. The Bertz CT molecular complexity index is 415. The third-order valence-corrected chi connectivity index (χ3v) is 2.70. The van der Waals surface area contributed by atoms with Gasteiger partial charge in [-0.2, -0.15) is 0 Å². The number of hydrogen-bond donors (Lipinski definition) is 0. The highest BCUT2D eigenvalue weighted by Gasteiger charge is 2.25. The van der Waals surface area contributed by atoms with Gasteiger partial charge < -0.3 is 9.47 Å². The van der Waals surface area contributed by atoms with Crippen LogP contribution in [-0.2, 0) is 0 Å². The van der Waals surface area contributed by atoms with Gasteiger partial charge in [-0.25, -0.2) is 0 Å². The van der Waals surface area contributed by atoms with E-state index in [0.717, 1.165) is 6.42 Å². The van der Waals surface area contributed by atoms with Crippen molar-refractivity contribution < 1.29 is 14.3 Å². The molecule has 0 amide bonds. The van der Waals surface area contributed by atoms with Crippen molar-refractivity contribution in [1.82, 2.24) is 0 Å². The summed E-state index contributed by atoms with van der Waals surface area (Å²) in [6.45, 7) is 3.02. The molecule has 1 aliphatic heterocycles. The monoisotopic (exact) mass is 240 g/mol. The first-order valence-electron chi connectivity index (χ1n) is 5.35. The summed E-state index contributed by atoms with van der Waals surface area (Å²) in [5.41, 5.74) is 0.460. The molecule has 86 valence electrons. The summed E-state index contributed by atoms with van der Waals surface area (Å²) in [5.74, 6) is 1.12. The van der Waals surface area contributed by atoms with Gasteiger partial charge in [0.25, 0.3) is 0 Å². The molecule has 3 nitrogen and oxygen atoms in total. The number of fused-ring (bicyclic) bond motifs is 1. The minimum atomic E-state index is 0.0215. The molecular formula is C12H13ClO3. The molecule has 0 radical (unpaired) electrons. The molecule has 0 atom stereocenters.